The van der Waals surface area contributed by atoms with E-state index in [1.54, 1.807) is 0 Å². The van der Waals surface area contributed by atoms with Crippen LogP contribution >= 0.6 is 6.83 Å². The van der Waals surface area contributed by atoms with Crippen molar-refractivity contribution in [3.05, 3.63) is 170 Å². The van der Waals surface area contributed by atoms with Crippen molar-refractivity contribution in [2.45, 2.75) is 0 Å². The van der Waals surface area contributed by atoms with E-state index in [0.717, 1.165) is 0 Å². The molecule has 0 radical (unpaired) electrons. The van der Waals surface area contributed by atoms with Gasteiger partial charge in [0, 0.05) is 0 Å². The summed E-state index contributed by atoms with van der Waals surface area (Å²) in [5.74, 6) is 0. The Labute approximate surface area is 252 Å². The van der Waals surface area contributed by atoms with Crippen molar-refractivity contribution < 1.29 is 4.52 Å². The van der Waals surface area contributed by atoms with Crippen molar-refractivity contribution in [2.75, 3.05) is 7.11 Å². The molecule has 8 aromatic carbocycles. The molecule has 0 unspecified atom stereocenters. The first kappa shape index (κ1) is 25.9. The van der Waals surface area contributed by atoms with Gasteiger partial charge >= 0.3 is 253 Å². The van der Waals surface area contributed by atoms with E-state index in [1.807, 2.05) is 7.11 Å². The second kappa shape index (κ2) is 9.89. The number of fused-ring (bicyclic) bond motifs is 4. The predicted molar refractivity (Wildman–Crippen MR) is 188 cm³/mol. The average Bonchev–Trinajstić information content (AvgIpc) is 3.09. The van der Waals surface area contributed by atoms with Crippen molar-refractivity contribution in [2.24, 2.45) is 0 Å². The molecule has 0 aliphatic carbocycles. The second-order valence-electron chi connectivity index (χ2n) is 11.2. The molecule has 0 atom stereocenters. The molecule has 0 saturated heterocycles. The third kappa shape index (κ3) is 3.47. The van der Waals surface area contributed by atoms with Gasteiger partial charge < -0.3 is 0 Å². The normalized spacial score (nSPS) is 12.9. The van der Waals surface area contributed by atoms with Crippen molar-refractivity contribution in [1.82, 2.24) is 0 Å². The third-order valence-electron chi connectivity index (χ3n) is 9.27. The van der Waals surface area contributed by atoms with Crippen LogP contribution in [0.15, 0.2) is 170 Å². The standard InChI is InChI=1S/C41H31OP/c1-42-43(38-26-10-18-30-14-2-6-22-34(30)38,39-27-11-19-31-15-3-7-23-35(31)39,40-28-12-20-32-16-4-8-24-36(32)40)41-29-13-21-33-17-5-9-25-37(33)41/h2-29H,1H3. The van der Waals surface area contributed by atoms with Crippen LogP contribution in [0.25, 0.3) is 43.1 Å². The molecule has 8 aromatic rings. The topological polar surface area (TPSA) is 9.23 Å². The van der Waals surface area contributed by atoms with Gasteiger partial charge in [0.1, 0.15) is 0 Å². The molecule has 0 aromatic heterocycles. The van der Waals surface area contributed by atoms with Gasteiger partial charge in [0.05, 0.1) is 0 Å². The molecule has 0 spiro atoms. The minimum absolute atomic E-state index is 1.20. The fourth-order valence-electron chi connectivity index (χ4n) is 7.49. The Morgan fingerprint density at radius 3 is 0.791 bits per heavy atom. The van der Waals surface area contributed by atoms with Crippen LogP contribution in [-0.2, 0) is 4.52 Å². The van der Waals surface area contributed by atoms with E-state index in [-0.39, 0.29) is 0 Å². The molecular weight excluding hydrogens is 539 g/mol. The summed E-state index contributed by atoms with van der Waals surface area (Å²) in [6.07, 6.45) is 0. The van der Waals surface area contributed by atoms with E-state index >= 15 is 0 Å². The fourth-order valence-corrected chi connectivity index (χ4v) is 14.0. The van der Waals surface area contributed by atoms with Crippen LogP contribution in [0.1, 0.15) is 0 Å². The minimum atomic E-state index is -4.03. The molecule has 0 aliphatic rings. The zero-order valence-electron chi connectivity index (χ0n) is 24.0. The maximum absolute atomic E-state index is 7.63. The van der Waals surface area contributed by atoms with E-state index in [1.165, 1.54) is 64.3 Å². The molecule has 0 amide bonds. The number of rotatable bonds is 5. The van der Waals surface area contributed by atoms with Gasteiger partial charge in [-0.3, -0.25) is 0 Å². The van der Waals surface area contributed by atoms with Crippen LogP contribution in [0.3, 0.4) is 0 Å². The van der Waals surface area contributed by atoms with Crippen LogP contribution < -0.4 is 21.2 Å². The molecule has 1 nitrogen and oxygen atoms in total. The Bertz CT molecular complexity index is 1970. The molecule has 0 heterocycles. The first-order chi connectivity index (χ1) is 21.3. The van der Waals surface area contributed by atoms with E-state index < -0.39 is 6.83 Å². The van der Waals surface area contributed by atoms with E-state index in [0.29, 0.717) is 0 Å². The number of hydrogen-bond donors (Lipinski definition) is 0. The van der Waals surface area contributed by atoms with Gasteiger partial charge in [-0.25, -0.2) is 0 Å². The van der Waals surface area contributed by atoms with Gasteiger partial charge in [0.2, 0.25) is 0 Å². The first-order valence-electron chi connectivity index (χ1n) is 14.8. The van der Waals surface area contributed by atoms with Crippen LogP contribution in [0.5, 0.6) is 0 Å². The summed E-state index contributed by atoms with van der Waals surface area (Å²) < 4.78 is 7.63. The Balaban J connectivity index is 1.78. The number of hydrogen-bond acceptors (Lipinski definition) is 1. The van der Waals surface area contributed by atoms with Gasteiger partial charge in [-0.05, 0) is 0 Å². The summed E-state index contributed by atoms with van der Waals surface area (Å²) in [4.78, 5) is 0. The molecule has 8 rings (SSSR count). The molecule has 0 fully saturated rings. The zero-order valence-corrected chi connectivity index (χ0v) is 24.9. The first-order valence-corrected chi connectivity index (χ1v) is 16.9. The maximum atomic E-state index is 7.63. The van der Waals surface area contributed by atoms with Crippen LogP contribution in [-0.4, -0.2) is 7.11 Å². The SMILES string of the molecule is COP(c1cccc2ccccc12)(c1cccc2ccccc12)(c1cccc2ccccc12)c1cccc2ccccc12. The van der Waals surface area contributed by atoms with Gasteiger partial charge in [0.15, 0.2) is 0 Å². The molecule has 0 saturated carbocycles. The van der Waals surface area contributed by atoms with E-state index in [4.69, 9.17) is 4.52 Å². The van der Waals surface area contributed by atoms with Gasteiger partial charge in [-0.15, -0.1) is 0 Å². The van der Waals surface area contributed by atoms with Crippen molar-refractivity contribution >= 4 is 71.1 Å². The quantitative estimate of drug-likeness (QED) is 0.188. The van der Waals surface area contributed by atoms with E-state index in [2.05, 4.69) is 170 Å². The van der Waals surface area contributed by atoms with Crippen LogP contribution in [0.4, 0.5) is 0 Å². The Morgan fingerprint density at radius 2 is 0.535 bits per heavy atom. The summed E-state index contributed by atoms with van der Waals surface area (Å²) in [5, 5.41) is 14.5. The van der Waals surface area contributed by atoms with Gasteiger partial charge in [-0.1, -0.05) is 0 Å². The molecule has 0 bridgehead atoms. The van der Waals surface area contributed by atoms with Gasteiger partial charge in [0.25, 0.3) is 0 Å². The fraction of sp³-hybridized carbons (Fsp3) is 0.0244. The van der Waals surface area contributed by atoms with Crippen molar-refractivity contribution in [3.8, 4) is 0 Å². The Hall–Kier alpha value is -4.81. The summed E-state index contributed by atoms with van der Waals surface area (Å²) >= 11 is 0. The molecular formula is C41H31OP. The van der Waals surface area contributed by atoms with Crippen LogP contribution in [0, 0.1) is 0 Å². The third-order valence-corrected chi connectivity index (χ3v) is 15.2. The summed E-state index contributed by atoms with van der Waals surface area (Å²) in [6, 6.07) is 62.1. The molecule has 0 aliphatic heterocycles. The monoisotopic (exact) mass is 570 g/mol. The Kier molecular flexibility index (Phi) is 5.95. The molecule has 2 heteroatoms. The summed E-state index contributed by atoms with van der Waals surface area (Å²) in [7, 11) is 1.95. The second-order valence-corrected chi connectivity index (χ2v) is 15.6. The van der Waals surface area contributed by atoms with E-state index in [9.17, 15) is 0 Å². The van der Waals surface area contributed by atoms with Crippen molar-refractivity contribution in [1.29, 1.82) is 0 Å². The predicted octanol–water partition coefficient (Wildman–Crippen LogP) is 9.02. The number of benzene rings is 8. The van der Waals surface area contributed by atoms with Crippen LogP contribution in [0.2, 0.25) is 0 Å². The molecule has 43 heavy (non-hydrogen) atoms. The zero-order chi connectivity index (χ0) is 28.9. The van der Waals surface area contributed by atoms with Crippen molar-refractivity contribution in [3.63, 3.8) is 0 Å². The summed E-state index contributed by atoms with van der Waals surface area (Å²) in [6.45, 7) is -4.03. The van der Waals surface area contributed by atoms with Gasteiger partial charge in [-0.2, -0.15) is 0 Å². The average molecular weight is 571 g/mol. The summed E-state index contributed by atoms with van der Waals surface area (Å²) in [5.41, 5.74) is 0. The molecule has 206 valence electrons. The molecule has 0 N–H and O–H groups in total. The Morgan fingerprint density at radius 1 is 0.302 bits per heavy atom.